The van der Waals surface area contributed by atoms with Gasteiger partial charge in [0.2, 0.25) is 0 Å². The van der Waals surface area contributed by atoms with E-state index in [9.17, 15) is 4.79 Å². The maximum Gasteiger partial charge on any atom is 0.340 e. The van der Waals surface area contributed by atoms with Crippen LogP contribution in [0.1, 0.15) is 35.5 Å². The molecule has 0 aliphatic carbocycles. The summed E-state index contributed by atoms with van der Waals surface area (Å²) in [4.78, 5) is 18.9. The molecule has 24 heavy (non-hydrogen) atoms. The molecule has 1 saturated heterocycles. The second-order valence-electron chi connectivity index (χ2n) is 5.98. The first-order valence-electron chi connectivity index (χ1n) is 8.25. The number of anilines is 1. The zero-order chi connectivity index (χ0) is 16.9. The number of benzene rings is 1. The van der Waals surface area contributed by atoms with Crippen molar-refractivity contribution in [1.29, 1.82) is 0 Å². The molecule has 1 aromatic carbocycles. The first kappa shape index (κ1) is 16.7. The van der Waals surface area contributed by atoms with Crippen molar-refractivity contribution in [2.75, 3.05) is 25.1 Å². The highest BCUT2D eigenvalue weighted by Gasteiger charge is 2.16. The van der Waals surface area contributed by atoms with Crippen molar-refractivity contribution >= 4 is 34.6 Å². The summed E-state index contributed by atoms with van der Waals surface area (Å²) >= 11 is 1.46. The quantitative estimate of drug-likeness (QED) is 0.618. The van der Waals surface area contributed by atoms with E-state index in [4.69, 9.17) is 4.74 Å². The number of aryl methyl sites for hydroxylation is 1. The minimum absolute atomic E-state index is 0.357. The number of hydrogen-bond acceptors (Lipinski definition) is 5. The van der Waals surface area contributed by atoms with E-state index in [1.165, 1.54) is 43.4 Å². The lowest BCUT2D eigenvalue weighted by Crippen LogP contribution is -2.29. The topological polar surface area (TPSA) is 42.4 Å². The van der Waals surface area contributed by atoms with Gasteiger partial charge in [-0.1, -0.05) is 12.1 Å². The molecule has 0 radical (unpaired) electrons. The number of rotatable bonds is 4. The van der Waals surface area contributed by atoms with Gasteiger partial charge in [0.15, 0.2) is 0 Å². The van der Waals surface area contributed by atoms with Crippen LogP contribution in [-0.2, 0) is 9.53 Å². The van der Waals surface area contributed by atoms with Crippen molar-refractivity contribution in [2.24, 2.45) is 0 Å². The fourth-order valence-corrected chi connectivity index (χ4v) is 3.70. The van der Waals surface area contributed by atoms with Gasteiger partial charge in [0.1, 0.15) is 5.01 Å². The highest BCUT2D eigenvalue weighted by atomic mass is 32.1. The fraction of sp³-hybridized carbons (Fsp3) is 0.368. The summed E-state index contributed by atoms with van der Waals surface area (Å²) in [7, 11) is 1.40. The predicted molar refractivity (Wildman–Crippen MR) is 99.2 cm³/mol. The zero-order valence-corrected chi connectivity index (χ0v) is 14.9. The van der Waals surface area contributed by atoms with Crippen LogP contribution in [0, 0.1) is 6.92 Å². The number of nitrogens with zero attached hydrogens (tertiary/aromatic N) is 2. The van der Waals surface area contributed by atoms with E-state index in [-0.39, 0.29) is 5.97 Å². The Bertz CT molecular complexity index is 728. The number of esters is 1. The van der Waals surface area contributed by atoms with Crippen molar-refractivity contribution in [2.45, 2.75) is 26.2 Å². The maximum atomic E-state index is 12.1. The number of ether oxygens (including phenoxy) is 1. The molecule has 1 aliphatic heterocycles. The molecule has 0 N–H and O–H groups in total. The van der Waals surface area contributed by atoms with Crippen LogP contribution in [0.25, 0.3) is 11.6 Å². The van der Waals surface area contributed by atoms with Gasteiger partial charge in [-0.25, -0.2) is 9.78 Å². The smallest absolute Gasteiger partial charge is 0.340 e. The molecule has 0 unspecified atom stereocenters. The van der Waals surface area contributed by atoms with Crippen LogP contribution in [0.2, 0.25) is 0 Å². The van der Waals surface area contributed by atoms with E-state index < -0.39 is 0 Å². The second kappa shape index (κ2) is 7.62. The molecule has 1 aromatic heterocycles. The summed E-state index contributed by atoms with van der Waals surface area (Å²) in [6.07, 6.45) is 5.70. The predicted octanol–water partition coefficient (Wildman–Crippen LogP) is 4.16. The average molecular weight is 342 g/mol. The van der Waals surface area contributed by atoms with Crippen molar-refractivity contribution in [3.8, 4) is 0 Å². The number of piperidine rings is 1. The van der Waals surface area contributed by atoms with Gasteiger partial charge in [-0.2, -0.15) is 0 Å². The molecule has 2 aromatic rings. The Morgan fingerprint density at radius 2 is 1.92 bits per heavy atom. The van der Waals surface area contributed by atoms with Gasteiger partial charge in [0.05, 0.1) is 12.7 Å². The van der Waals surface area contributed by atoms with E-state index in [0.29, 0.717) is 10.6 Å². The van der Waals surface area contributed by atoms with Crippen LogP contribution in [0.15, 0.2) is 29.6 Å². The third kappa shape index (κ3) is 3.85. The molecule has 3 rings (SSSR count). The Hall–Kier alpha value is -2.14. The van der Waals surface area contributed by atoms with Gasteiger partial charge in [-0.05, 0) is 50.0 Å². The molecule has 5 heteroatoms. The average Bonchev–Trinajstić information content (AvgIpc) is 3.06. The van der Waals surface area contributed by atoms with Crippen LogP contribution in [-0.4, -0.2) is 31.2 Å². The molecule has 0 saturated carbocycles. The van der Waals surface area contributed by atoms with Crippen molar-refractivity contribution in [1.82, 2.24) is 4.98 Å². The molecule has 0 atom stereocenters. The molecule has 126 valence electrons. The first-order valence-corrected chi connectivity index (χ1v) is 9.13. The highest BCUT2D eigenvalue weighted by Crippen LogP contribution is 2.25. The lowest BCUT2D eigenvalue weighted by atomic mass is 10.1. The molecule has 0 amide bonds. The Balaban J connectivity index is 1.85. The van der Waals surface area contributed by atoms with E-state index in [2.05, 4.69) is 22.0 Å². The minimum atomic E-state index is -0.357. The number of carbonyl (C=O) groups is 1. The summed E-state index contributed by atoms with van der Waals surface area (Å²) in [5, 5.41) is 2.63. The summed E-state index contributed by atoms with van der Waals surface area (Å²) in [6, 6.07) is 8.35. The lowest BCUT2D eigenvalue weighted by molar-refractivity contribution is -0.133. The third-order valence-corrected chi connectivity index (χ3v) is 5.17. The number of carbonyl (C=O) groups excluding carboxylic acids is 1. The monoisotopic (exact) mass is 342 g/mol. The van der Waals surface area contributed by atoms with Crippen molar-refractivity contribution < 1.29 is 9.53 Å². The second-order valence-corrected chi connectivity index (χ2v) is 6.84. The Labute approximate surface area is 146 Å². The molecule has 4 nitrogen and oxygen atoms in total. The first-order chi connectivity index (χ1) is 11.7. The molecular weight excluding hydrogens is 320 g/mol. The van der Waals surface area contributed by atoms with Crippen LogP contribution in [0.3, 0.4) is 0 Å². The fourth-order valence-electron chi connectivity index (χ4n) is 2.90. The van der Waals surface area contributed by atoms with E-state index in [0.717, 1.165) is 24.3 Å². The Morgan fingerprint density at radius 1 is 1.21 bits per heavy atom. The molecule has 0 bridgehead atoms. The minimum Gasteiger partial charge on any atom is -0.465 e. The maximum absolute atomic E-state index is 12.1. The van der Waals surface area contributed by atoms with Gasteiger partial charge in [-0.3, -0.25) is 0 Å². The van der Waals surface area contributed by atoms with Gasteiger partial charge in [0, 0.05) is 29.9 Å². The van der Waals surface area contributed by atoms with E-state index >= 15 is 0 Å². The normalized spacial score (nSPS) is 15.4. The van der Waals surface area contributed by atoms with E-state index in [1.807, 2.05) is 30.5 Å². The highest BCUT2D eigenvalue weighted by molar-refractivity contribution is 7.11. The van der Waals surface area contributed by atoms with Crippen molar-refractivity contribution in [3.05, 3.63) is 45.9 Å². The number of methoxy groups -OCH3 is 1. The van der Waals surface area contributed by atoms with Crippen LogP contribution in [0.5, 0.6) is 0 Å². The largest absolute Gasteiger partial charge is 0.465 e. The summed E-state index contributed by atoms with van der Waals surface area (Å²) in [5.41, 5.74) is 3.63. The van der Waals surface area contributed by atoms with Crippen LogP contribution < -0.4 is 4.90 Å². The molecule has 1 aliphatic rings. The SMILES string of the molecule is COC(=O)/C(=C\c1ccc(N2CCCCC2)cc1)c1nc(C)cs1. The zero-order valence-electron chi connectivity index (χ0n) is 14.1. The standard InChI is InChI=1S/C19H22N2O2S/c1-14-13-24-18(20-14)17(19(22)23-2)12-15-6-8-16(9-7-15)21-10-4-3-5-11-21/h6-9,12-13H,3-5,10-11H2,1-2H3/b17-12-. The van der Waals surface area contributed by atoms with E-state index in [1.54, 1.807) is 0 Å². The van der Waals surface area contributed by atoms with Gasteiger partial charge in [0.25, 0.3) is 0 Å². The lowest BCUT2D eigenvalue weighted by Gasteiger charge is -2.28. The molecular formula is C19H22N2O2S. The molecule has 1 fully saturated rings. The third-order valence-electron chi connectivity index (χ3n) is 4.18. The summed E-state index contributed by atoms with van der Waals surface area (Å²) < 4.78 is 4.92. The number of aromatic nitrogens is 1. The Morgan fingerprint density at radius 3 is 2.50 bits per heavy atom. The number of hydrogen-bond donors (Lipinski definition) is 0. The van der Waals surface area contributed by atoms with Crippen LogP contribution in [0.4, 0.5) is 5.69 Å². The summed E-state index contributed by atoms with van der Waals surface area (Å²) in [6.45, 7) is 4.17. The Kier molecular flexibility index (Phi) is 5.30. The number of thiazole rings is 1. The van der Waals surface area contributed by atoms with Crippen LogP contribution >= 0.6 is 11.3 Å². The molecule has 0 spiro atoms. The van der Waals surface area contributed by atoms with Gasteiger partial charge in [-0.15, -0.1) is 11.3 Å². The van der Waals surface area contributed by atoms with Gasteiger partial charge < -0.3 is 9.64 Å². The summed E-state index contributed by atoms with van der Waals surface area (Å²) in [5.74, 6) is -0.357. The van der Waals surface area contributed by atoms with Crippen molar-refractivity contribution in [3.63, 3.8) is 0 Å². The molecule has 2 heterocycles. The van der Waals surface area contributed by atoms with Gasteiger partial charge >= 0.3 is 5.97 Å².